The van der Waals surface area contributed by atoms with E-state index in [2.05, 4.69) is 16.7 Å². The Morgan fingerprint density at radius 2 is 1.65 bits per heavy atom. The Balaban J connectivity index is 1.64. The topological polar surface area (TPSA) is 33.3 Å². The summed E-state index contributed by atoms with van der Waals surface area (Å²) in [6, 6.07) is 15.9. The van der Waals surface area contributed by atoms with Crippen molar-refractivity contribution in [1.29, 1.82) is 0 Å². The molecule has 2 rings (SSSR count). The molecule has 0 aromatic heterocycles. The fourth-order valence-electron chi connectivity index (χ4n) is 2.18. The third kappa shape index (κ3) is 6.47. The van der Waals surface area contributed by atoms with Gasteiger partial charge in [0.25, 0.3) is 0 Å². The average molecular weight is 349 g/mol. The number of hydrogen-bond acceptors (Lipinski definition) is 2. The van der Waals surface area contributed by atoms with Crippen molar-refractivity contribution >= 4 is 28.9 Å². The lowest BCUT2D eigenvalue weighted by Crippen LogP contribution is -2.37. The lowest BCUT2D eigenvalue weighted by molar-refractivity contribution is 0.414. The van der Waals surface area contributed by atoms with Crippen molar-refractivity contribution in [1.82, 2.24) is 10.6 Å². The van der Waals surface area contributed by atoms with Gasteiger partial charge >= 0.3 is 0 Å². The van der Waals surface area contributed by atoms with E-state index in [4.69, 9.17) is 28.6 Å². The van der Waals surface area contributed by atoms with Crippen LogP contribution in [0.5, 0.6) is 5.75 Å². The van der Waals surface area contributed by atoms with Crippen molar-refractivity contribution in [2.45, 2.75) is 12.8 Å². The molecule has 2 aromatic carbocycles. The highest BCUT2D eigenvalue weighted by Crippen LogP contribution is 2.12. The standard InChI is InChI=1S/C18H21ClN2OS/c1-22-17-4-2-3-15(13-17)10-12-21-18(23)20-11-9-14-5-7-16(19)8-6-14/h2-8,13H,9-12H2,1H3,(H2,20,21,23). The lowest BCUT2D eigenvalue weighted by Gasteiger charge is -2.11. The van der Waals surface area contributed by atoms with Crippen molar-refractivity contribution in [2.75, 3.05) is 20.2 Å². The van der Waals surface area contributed by atoms with Crippen LogP contribution in [0.25, 0.3) is 0 Å². The van der Waals surface area contributed by atoms with Gasteiger partial charge in [-0.05, 0) is 60.5 Å². The molecule has 0 aliphatic rings. The molecule has 0 saturated carbocycles. The molecule has 0 spiro atoms. The Bertz CT molecular complexity index is 631. The third-order valence-electron chi connectivity index (χ3n) is 3.45. The first-order valence-electron chi connectivity index (χ1n) is 7.56. The van der Waals surface area contributed by atoms with Gasteiger partial charge in [-0.2, -0.15) is 0 Å². The molecule has 0 fully saturated rings. The molecular weight excluding hydrogens is 328 g/mol. The fraction of sp³-hybridized carbons (Fsp3) is 0.278. The smallest absolute Gasteiger partial charge is 0.166 e. The van der Waals surface area contributed by atoms with Gasteiger partial charge in [0.05, 0.1) is 7.11 Å². The van der Waals surface area contributed by atoms with E-state index < -0.39 is 0 Å². The van der Waals surface area contributed by atoms with Crippen LogP contribution in [0.2, 0.25) is 5.02 Å². The van der Waals surface area contributed by atoms with E-state index in [0.717, 1.165) is 36.7 Å². The Kier molecular flexibility index (Phi) is 7.17. The fourth-order valence-corrected chi connectivity index (χ4v) is 2.51. The molecule has 3 nitrogen and oxygen atoms in total. The van der Waals surface area contributed by atoms with Gasteiger partial charge in [0.2, 0.25) is 0 Å². The SMILES string of the molecule is COc1cccc(CCNC(=S)NCCc2ccc(Cl)cc2)c1. The van der Waals surface area contributed by atoms with Crippen LogP contribution in [0, 0.1) is 0 Å². The molecule has 122 valence electrons. The zero-order valence-corrected chi connectivity index (χ0v) is 14.7. The van der Waals surface area contributed by atoms with Crippen LogP contribution in [-0.2, 0) is 12.8 Å². The summed E-state index contributed by atoms with van der Waals surface area (Å²) in [5, 5.41) is 7.88. The van der Waals surface area contributed by atoms with Gasteiger partial charge in [0, 0.05) is 18.1 Å². The van der Waals surface area contributed by atoms with Crippen LogP contribution in [0.1, 0.15) is 11.1 Å². The van der Waals surface area contributed by atoms with Crippen LogP contribution < -0.4 is 15.4 Å². The van der Waals surface area contributed by atoms with Crippen molar-refractivity contribution < 1.29 is 4.74 Å². The molecular formula is C18H21ClN2OS. The summed E-state index contributed by atoms with van der Waals surface area (Å²) in [6.07, 6.45) is 1.81. The molecule has 0 atom stereocenters. The minimum absolute atomic E-state index is 0.682. The predicted octanol–water partition coefficient (Wildman–Crippen LogP) is 3.60. The zero-order valence-electron chi connectivity index (χ0n) is 13.1. The second-order valence-electron chi connectivity index (χ2n) is 5.16. The zero-order chi connectivity index (χ0) is 16.5. The van der Waals surface area contributed by atoms with E-state index in [1.807, 2.05) is 42.5 Å². The molecule has 23 heavy (non-hydrogen) atoms. The van der Waals surface area contributed by atoms with Crippen molar-refractivity contribution in [3.63, 3.8) is 0 Å². The maximum atomic E-state index is 5.87. The van der Waals surface area contributed by atoms with E-state index in [1.165, 1.54) is 11.1 Å². The van der Waals surface area contributed by atoms with Gasteiger partial charge in [-0.25, -0.2) is 0 Å². The molecule has 2 N–H and O–H groups in total. The quantitative estimate of drug-likeness (QED) is 0.749. The molecule has 0 amide bonds. The monoisotopic (exact) mass is 348 g/mol. The van der Waals surface area contributed by atoms with Gasteiger partial charge in [-0.15, -0.1) is 0 Å². The molecule has 2 aromatic rings. The number of halogens is 1. The van der Waals surface area contributed by atoms with Gasteiger partial charge in [-0.1, -0.05) is 35.9 Å². The second-order valence-corrected chi connectivity index (χ2v) is 6.01. The van der Waals surface area contributed by atoms with Crippen molar-refractivity contribution in [3.05, 3.63) is 64.7 Å². The van der Waals surface area contributed by atoms with E-state index in [-0.39, 0.29) is 0 Å². The van der Waals surface area contributed by atoms with Crippen LogP contribution in [0.3, 0.4) is 0 Å². The molecule has 0 bridgehead atoms. The van der Waals surface area contributed by atoms with Gasteiger partial charge in [-0.3, -0.25) is 0 Å². The first kappa shape index (κ1) is 17.6. The van der Waals surface area contributed by atoms with Crippen LogP contribution >= 0.6 is 23.8 Å². The van der Waals surface area contributed by atoms with Gasteiger partial charge < -0.3 is 15.4 Å². The predicted molar refractivity (Wildman–Crippen MR) is 100 cm³/mol. The highest BCUT2D eigenvalue weighted by molar-refractivity contribution is 7.80. The molecule has 0 saturated heterocycles. The molecule has 0 radical (unpaired) electrons. The number of methoxy groups -OCH3 is 1. The minimum Gasteiger partial charge on any atom is -0.497 e. The molecule has 0 heterocycles. The Morgan fingerprint density at radius 3 is 2.30 bits per heavy atom. The molecule has 0 aliphatic carbocycles. The summed E-state index contributed by atoms with van der Waals surface area (Å²) in [5.74, 6) is 0.881. The van der Waals surface area contributed by atoms with E-state index in [0.29, 0.717) is 5.11 Å². The maximum Gasteiger partial charge on any atom is 0.166 e. The average Bonchev–Trinajstić information content (AvgIpc) is 2.57. The van der Waals surface area contributed by atoms with Gasteiger partial charge in [0.1, 0.15) is 5.75 Å². The van der Waals surface area contributed by atoms with Gasteiger partial charge in [0.15, 0.2) is 5.11 Å². The first-order valence-corrected chi connectivity index (χ1v) is 8.35. The van der Waals surface area contributed by atoms with E-state index >= 15 is 0 Å². The Labute approximate surface area is 148 Å². The van der Waals surface area contributed by atoms with Crippen molar-refractivity contribution in [3.8, 4) is 5.75 Å². The summed E-state index contributed by atoms with van der Waals surface area (Å²) in [5.41, 5.74) is 2.46. The van der Waals surface area contributed by atoms with Crippen LogP contribution in [-0.4, -0.2) is 25.3 Å². The minimum atomic E-state index is 0.682. The molecule has 0 unspecified atom stereocenters. The summed E-state index contributed by atoms with van der Waals surface area (Å²) in [6.45, 7) is 1.59. The number of nitrogens with one attached hydrogen (secondary N) is 2. The first-order chi connectivity index (χ1) is 11.2. The van der Waals surface area contributed by atoms with Crippen LogP contribution in [0.15, 0.2) is 48.5 Å². The summed E-state index contributed by atoms with van der Waals surface area (Å²) in [4.78, 5) is 0. The highest BCUT2D eigenvalue weighted by Gasteiger charge is 1.99. The van der Waals surface area contributed by atoms with E-state index in [9.17, 15) is 0 Å². The molecule has 0 aliphatic heterocycles. The highest BCUT2D eigenvalue weighted by atomic mass is 35.5. The third-order valence-corrected chi connectivity index (χ3v) is 3.99. The maximum absolute atomic E-state index is 5.87. The summed E-state index contributed by atoms with van der Waals surface area (Å²) in [7, 11) is 1.68. The molecule has 5 heteroatoms. The summed E-state index contributed by atoms with van der Waals surface area (Å²) >= 11 is 11.2. The number of benzene rings is 2. The second kappa shape index (κ2) is 9.38. The Morgan fingerprint density at radius 1 is 1.00 bits per heavy atom. The normalized spacial score (nSPS) is 10.2. The van der Waals surface area contributed by atoms with E-state index in [1.54, 1.807) is 7.11 Å². The largest absolute Gasteiger partial charge is 0.497 e. The number of hydrogen-bond donors (Lipinski definition) is 2. The van der Waals surface area contributed by atoms with Crippen molar-refractivity contribution in [2.24, 2.45) is 0 Å². The Hall–Kier alpha value is -1.78. The number of ether oxygens (including phenoxy) is 1. The number of rotatable bonds is 7. The lowest BCUT2D eigenvalue weighted by atomic mass is 10.1. The number of thiocarbonyl (C=S) groups is 1. The summed E-state index contributed by atoms with van der Waals surface area (Å²) < 4.78 is 5.22. The van der Waals surface area contributed by atoms with Crippen LogP contribution in [0.4, 0.5) is 0 Å².